The Labute approximate surface area is 137 Å². The molecule has 3 heteroatoms. The van der Waals surface area contributed by atoms with Crippen molar-refractivity contribution < 1.29 is 9.53 Å². The van der Waals surface area contributed by atoms with Gasteiger partial charge in [-0.05, 0) is 37.6 Å². The third-order valence-electron chi connectivity index (χ3n) is 4.50. The van der Waals surface area contributed by atoms with E-state index >= 15 is 0 Å². The van der Waals surface area contributed by atoms with Crippen molar-refractivity contribution in [3.05, 3.63) is 65.7 Å². The highest BCUT2D eigenvalue weighted by molar-refractivity contribution is 6.06. The summed E-state index contributed by atoms with van der Waals surface area (Å²) < 4.78 is 6.25. The van der Waals surface area contributed by atoms with E-state index < -0.39 is 5.54 Å². The quantitative estimate of drug-likeness (QED) is 0.843. The molecule has 120 valence electrons. The highest BCUT2D eigenvalue weighted by Crippen LogP contribution is 2.40. The van der Waals surface area contributed by atoms with Crippen LogP contribution in [0.5, 0.6) is 5.75 Å². The second-order valence-electron chi connectivity index (χ2n) is 6.22. The Bertz CT molecular complexity index is 683. The summed E-state index contributed by atoms with van der Waals surface area (Å²) in [7, 11) is 0. The van der Waals surface area contributed by atoms with Crippen molar-refractivity contribution in [3.8, 4) is 5.75 Å². The molecule has 3 rings (SSSR count). The molecule has 0 spiro atoms. The zero-order chi connectivity index (χ0) is 16.3. The lowest BCUT2D eigenvalue weighted by Gasteiger charge is -2.41. The van der Waals surface area contributed by atoms with Crippen molar-refractivity contribution >= 4 is 5.78 Å². The lowest BCUT2D eigenvalue weighted by Crippen LogP contribution is -2.57. The van der Waals surface area contributed by atoms with E-state index in [0.717, 1.165) is 24.9 Å². The molecule has 0 amide bonds. The minimum Gasteiger partial charge on any atom is -0.483 e. The Hall–Kier alpha value is -2.13. The van der Waals surface area contributed by atoms with Crippen LogP contribution in [0.3, 0.4) is 0 Å². The molecule has 2 aromatic carbocycles. The van der Waals surface area contributed by atoms with Crippen LogP contribution in [-0.2, 0) is 0 Å². The number of unbranched alkanes of at least 4 members (excludes halogenated alkanes) is 1. The van der Waals surface area contributed by atoms with Gasteiger partial charge in [0.25, 0.3) is 0 Å². The Morgan fingerprint density at radius 1 is 1.09 bits per heavy atom. The fraction of sp³-hybridized carbons (Fsp3) is 0.350. The summed E-state index contributed by atoms with van der Waals surface area (Å²) in [4.78, 5) is 13.2. The van der Waals surface area contributed by atoms with Crippen LogP contribution in [0.1, 0.15) is 48.7 Å². The van der Waals surface area contributed by atoms with E-state index in [-0.39, 0.29) is 11.9 Å². The molecule has 0 saturated carbocycles. The molecule has 0 fully saturated rings. The summed E-state index contributed by atoms with van der Waals surface area (Å²) >= 11 is 0. The van der Waals surface area contributed by atoms with E-state index in [1.54, 1.807) is 0 Å². The van der Waals surface area contributed by atoms with Crippen LogP contribution in [0.2, 0.25) is 0 Å². The third-order valence-corrected chi connectivity index (χ3v) is 4.50. The molecule has 0 bridgehead atoms. The first-order valence-corrected chi connectivity index (χ1v) is 8.27. The number of hydrogen-bond acceptors (Lipinski definition) is 3. The molecule has 2 atom stereocenters. The number of Topliss-reactive ketones (excluding diaryl/α,β-unsaturated/α-hetero) is 1. The standard InChI is InChI=1S/C20H23NO2/c1-3-4-14-21-20(2)18(22)16-12-8-9-13-17(16)23-19(20)15-10-6-5-7-11-15/h5-13,19,21H,3-4,14H2,1-2H3/t19-,20-/m1/s1. The smallest absolute Gasteiger partial charge is 0.190 e. The Balaban J connectivity index is 2.02. The van der Waals surface area contributed by atoms with E-state index in [0.29, 0.717) is 11.3 Å². The molecule has 0 unspecified atom stereocenters. The van der Waals surface area contributed by atoms with Gasteiger partial charge in [0, 0.05) is 0 Å². The number of nitrogens with one attached hydrogen (secondary N) is 1. The lowest BCUT2D eigenvalue weighted by molar-refractivity contribution is 0.0492. The van der Waals surface area contributed by atoms with Crippen LogP contribution >= 0.6 is 0 Å². The number of benzene rings is 2. The second kappa shape index (κ2) is 6.55. The summed E-state index contributed by atoms with van der Waals surface area (Å²) in [6, 6.07) is 17.5. The van der Waals surface area contributed by atoms with E-state index in [4.69, 9.17) is 4.74 Å². The van der Waals surface area contributed by atoms with Gasteiger partial charge in [-0.2, -0.15) is 0 Å². The van der Waals surface area contributed by atoms with E-state index in [1.807, 2.05) is 61.5 Å². The van der Waals surface area contributed by atoms with Gasteiger partial charge in [-0.3, -0.25) is 4.79 Å². The zero-order valence-corrected chi connectivity index (χ0v) is 13.7. The van der Waals surface area contributed by atoms with Crippen molar-refractivity contribution in [1.82, 2.24) is 5.32 Å². The molecular formula is C20H23NO2. The van der Waals surface area contributed by atoms with Crippen LogP contribution in [0, 0.1) is 0 Å². The second-order valence-corrected chi connectivity index (χ2v) is 6.22. The Morgan fingerprint density at radius 3 is 2.52 bits per heavy atom. The summed E-state index contributed by atoms with van der Waals surface area (Å²) in [5.74, 6) is 0.769. The molecule has 1 heterocycles. The fourth-order valence-corrected chi connectivity index (χ4v) is 3.13. The molecule has 1 aliphatic rings. The molecule has 0 saturated heterocycles. The number of ether oxygens (including phenoxy) is 1. The summed E-state index contributed by atoms with van der Waals surface area (Å²) in [6.45, 7) is 4.90. The maximum Gasteiger partial charge on any atom is 0.190 e. The van der Waals surface area contributed by atoms with Gasteiger partial charge in [-0.25, -0.2) is 0 Å². The van der Waals surface area contributed by atoms with Gasteiger partial charge in [-0.1, -0.05) is 55.8 Å². The highest BCUT2D eigenvalue weighted by atomic mass is 16.5. The molecule has 0 aromatic heterocycles. The normalized spacial score (nSPS) is 23.2. The molecule has 3 nitrogen and oxygen atoms in total. The SMILES string of the molecule is CCCCN[C@]1(C)C(=O)c2ccccc2O[C@@H]1c1ccccc1. The van der Waals surface area contributed by atoms with E-state index in [9.17, 15) is 4.79 Å². The number of hydrogen-bond donors (Lipinski definition) is 1. The molecule has 2 aromatic rings. The van der Waals surface area contributed by atoms with Gasteiger partial charge in [-0.15, -0.1) is 0 Å². The number of para-hydroxylation sites is 1. The van der Waals surface area contributed by atoms with E-state index in [2.05, 4.69) is 12.2 Å². The summed E-state index contributed by atoms with van der Waals surface area (Å²) in [5, 5.41) is 3.46. The van der Waals surface area contributed by atoms with Crippen LogP contribution in [0.25, 0.3) is 0 Å². The highest BCUT2D eigenvalue weighted by Gasteiger charge is 2.48. The lowest BCUT2D eigenvalue weighted by atomic mass is 9.80. The van der Waals surface area contributed by atoms with Crippen molar-refractivity contribution in [3.63, 3.8) is 0 Å². The van der Waals surface area contributed by atoms with Gasteiger partial charge in [0.05, 0.1) is 5.56 Å². The van der Waals surface area contributed by atoms with Gasteiger partial charge in [0.1, 0.15) is 17.4 Å². The summed E-state index contributed by atoms with van der Waals surface area (Å²) in [6.07, 6.45) is 1.79. The van der Waals surface area contributed by atoms with Crippen molar-refractivity contribution in [2.45, 2.75) is 38.3 Å². The molecule has 1 N–H and O–H groups in total. The molecule has 23 heavy (non-hydrogen) atoms. The predicted molar refractivity (Wildman–Crippen MR) is 91.9 cm³/mol. The molecule has 0 aliphatic carbocycles. The van der Waals surface area contributed by atoms with Crippen LogP contribution in [-0.4, -0.2) is 17.9 Å². The van der Waals surface area contributed by atoms with Gasteiger partial charge < -0.3 is 10.1 Å². The topological polar surface area (TPSA) is 38.3 Å². The number of ketones is 1. The van der Waals surface area contributed by atoms with Gasteiger partial charge >= 0.3 is 0 Å². The Morgan fingerprint density at radius 2 is 1.78 bits per heavy atom. The Kier molecular flexibility index (Phi) is 4.49. The zero-order valence-electron chi connectivity index (χ0n) is 13.7. The fourth-order valence-electron chi connectivity index (χ4n) is 3.13. The first-order chi connectivity index (χ1) is 11.2. The van der Waals surface area contributed by atoms with Crippen LogP contribution < -0.4 is 10.1 Å². The van der Waals surface area contributed by atoms with Crippen LogP contribution in [0.15, 0.2) is 54.6 Å². The minimum atomic E-state index is -0.759. The van der Waals surface area contributed by atoms with Crippen LogP contribution in [0.4, 0.5) is 0 Å². The molecular weight excluding hydrogens is 286 g/mol. The maximum absolute atomic E-state index is 13.2. The van der Waals surface area contributed by atoms with Gasteiger partial charge in [0.2, 0.25) is 0 Å². The molecule has 0 radical (unpaired) electrons. The number of fused-ring (bicyclic) bond motifs is 1. The maximum atomic E-state index is 13.2. The average molecular weight is 309 g/mol. The van der Waals surface area contributed by atoms with Crippen molar-refractivity contribution in [2.24, 2.45) is 0 Å². The summed E-state index contributed by atoms with van der Waals surface area (Å²) in [5.41, 5.74) is 0.915. The number of carbonyl (C=O) groups excluding carboxylic acids is 1. The third kappa shape index (κ3) is 2.89. The number of carbonyl (C=O) groups is 1. The number of rotatable bonds is 5. The first-order valence-electron chi connectivity index (χ1n) is 8.27. The van der Waals surface area contributed by atoms with E-state index in [1.165, 1.54) is 0 Å². The molecule has 1 aliphatic heterocycles. The van der Waals surface area contributed by atoms with Gasteiger partial charge in [0.15, 0.2) is 5.78 Å². The largest absolute Gasteiger partial charge is 0.483 e. The van der Waals surface area contributed by atoms with Crippen molar-refractivity contribution in [1.29, 1.82) is 0 Å². The van der Waals surface area contributed by atoms with Crippen molar-refractivity contribution in [2.75, 3.05) is 6.54 Å². The predicted octanol–water partition coefficient (Wildman–Crippen LogP) is 4.15. The first kappa shape index (κ1) is 15.8. The average Bonchev–Trinajstić information content (AvgIpc) is 2.59. The monoisotopic (exact) mass is 309 g/mol. The minimum absolute atomic E-state index is 0.101.